The Kier molecular flexibility index (Phi) is 5.51. The summed E-state index contributed by atoms with van der Waals surface area (Å²) in [6.07, 6.45) is 1.85. The molecule has 3 aromatic rings. The molecular weight excluding hydrogens is 398 g/mol. The molecule has 3 rings (SSSR count). The third kappa shape index (κ3) is 3.61. The van der Waals surface area contributed by atoms with Crippen LogP contribution in [0.3, 0.4) is 0 Å². The zero-order valence-electron chi connectivity index (χ0n) is 12.7. The van der Waals surface area contributed by atoms with Crippen LogP contribution < -0.4 is 0 Å². The van der Waals surface area contributed by atoms with E-state index in [-0.39, 0.29) is 6.42 Å². The zero-order chi connectivity index (χ0) is 18.0. The minimum atomic E-state index is 0.221. The van der Waals surface area contributed by atoms with Gasteiger partial charge in [0.15, 0.2) is 0 Å². The first-order chi connectivity index (χ1) is 12.0. The molecule has 0 radical (unpaired) electrons. The van der Waals surface area contributed by atoms with Gasteiger partial charge in [-0.1, -0.05) is 58.5 Å². The fraction of sp³-hybridized carbons (Fsp3) is 0.0526. The SMILES string of the molecule is N#CCc1cnc(-c2c(Cl)cccc2Cl)c(-c2c(Cl)cccc2Cl)c1. The molecule has 0 saturated carbocycles. The van der Waals surface area contributed by atoms with Gasteiger partial charge in [0, 0.05) is 32.9 Å². The summed E-state index contributed by atoms with van der Waals surface area (Å²) >= 11 is 25.5. The van der Waals surface area contributed by atoms with Gasteiger partial charge in [-0.3, -0.25) is 4.98 Å². The van der Waals surface area contributed by atoms with E-state index in [0.717, 1.165) is 5.56 Å². The van der Waals surface area contributed by atoms with E-state index in [1.807, 2.05) is 6.07 Å². The maximum Gasteiger partial charge on any atom is 0.0811 e. The predicted octanol–water partition coefficient (Wildman–Crippen LogP) is 7.10. The summed E-state index contributed by atoms with van der Waals surface area (Å²) in [5.74, 6) is 0. The van der Waals surface area contributed by atoms with Crippen molar-refractivity contribution in [3.05, 3.63) is 74.3 Å². The van der Waals surface area contributed by atoms with E-state index in [1.54, 1.807) is 42.6 Å². The lowest BCUT2D eigenvalue weighted by Crippen LogP contribution is -1.95. The maximum atomic E-state index is 8.99. The number of nitrogens with zero attached hydrogens (tertiary/aromatic N) is 2. The van der Waals surface area contributed by atoms with E-state index < -0.39 is 0 Å². The lowest BCUT2D eigenvalue weighted by Gasteiger charge is -2.15. The van der Waals surface area contributed by atoms with E-state index in [4.69, 9.17) is 51.7 Å². The van der Waals surface area contributed by atoms with Crippen LogP contribution in [0.5, 0.6) is 0 Å². The summed E-state index contributed by atoms with van der Waals surface area (Å²) in [6, 6.07) is 14.5. The van der Waals surface area contributed by atoms with Crippen LogP contribution in [0.1, 0.15) is 5.56 Å². The van der Waals surface area contributed by atoms with Crippen LogP contribution in [0, 0.1) is 11.3 Å². The molecule has 6 heteroatoms. The number of hydrogen-bond donors (Lipinski definition) is 0. The smallest absolute Gasteiger partial charge is 0.0811 e. The van der Waals surface area contributed by atoms with Gasteiger partial charge in [-0.25, -0.2) is 0 Å². The average Bonchev–Trinajstić information content (AvgIpc) is 2.56. The van der Waals surface area contributed by atoms with Crippen LogP contribution in [0.15, 0.2) is 48.7 Å². The van der Waals surface area contributed by atoms with Crippen molar-refractivity contribution in [3.63, 3.8) is 0 Å². The molecule has 124 valence electrons. The van der Waals surface area contributed by atoms with Gasteiger partial charge >= 0.3 is 0 Å². The van der Waals surface area contributed by atoms with E-state index in [9.17, 15) is 0 Å². The van der Waals surface area contributed by atoms with Gasteiger partial charge in [-0.15, -0.1) is 0 Å². The highest BCUT2D eigenvalue weighted by Crippen LogP contribution is 2.43. The Morgan fingerprint density at radius 2 is 1.36 bits per heavy atom. The van der Waals surface area contributed by atoms with Gasteiger partial charge in [-0.05, 0) is 35.9 Å². The monoisotopic (exact) mass is 406 g/mol. The average molecular weight is 408 g/mol. The van der Waals surface area contributed by atoms with Crippen molar-refractivity contribution in [1.29, 1.82) is 5.26 Å². The van der Waals surface area contributed by atoms with Gasteiger partial charge < -0.3 is 0 Å². The lowest BCUT2D eigenvalue weighted by atomic mass is 9.97. The van der Waals surface area contributed by atoms with E-state index in [0.29, 0.717) is 42.5 Å². The summed E-state index contributed by atoms with van der Waals surface area (Å²) in [6.45, 7) is 0. The summed E-state index contributed by atoms with van der Waals surface area (Å²) in [7, 11) is 0. The molecule has 0 aliphatic carbocycles. The molecule has 2 aromatic carbocycles. The van der Waals surface area contributed by atoms with Gasteiger partial charge in [0.25, 0.3) is 0 Å². The molecule has 0 aliphatic rings. The van der Waals surface area contributed by atoms with E-state index >= 15 is 0 Å². The Morgan fingerprint density at radius 1 is 0.840 bits per heavy atom. The number of pyridine rings is 1. The fourth-order valence-electron chi connectivity index (χ4n) is 2.56. The third-order valence-electron chi connectivity index (χ3n) is 3.66. The Hall–Kier alpha value is -1.76. The largest absolute Gasteiger partial charge is 0.255 e. The predicted molar refractivity (Wildman–Crippen MR) is 104 cm³/mol. The molecule has 0 amide bonds. The van der Waals surface area contributed by atoms with Crippen molar-refractivity contribution in [1.82, 2.24) is 4.98 Å². The number of halogens is 4. The van der Waals surface area contributed by atoms with Gasteiger partial charge in [-0.2, -0.15) is 5.26 Å². The Morgan fingerprint density at radius 3 is 1.88 bits per heavy atom. The summed E-state index contributed by atoms with van der Waals surface area (Å²) in [4.78, 5) is 4.51. The zero-order valence-corrected chi connectivity index (χ0v) is 15.8. The fourth-order valence-corrected chi connectivity index (χ4v) is 3.74. The van der Waals surface area contributed by atoms with Crippen molar-refractivity contribution < 1.29 is 0 Å². The molecule has 0 bridgehead atoms. The minimum absolute atomic E-state index is 0.221. The molecule has 0 N–H and O–H groups in total. The first kappa shape index (κ1) is 18.0. The van der Waals surface area contributed by atoms with Crippen molar-refractivity contribution in [2.24, 2.45) is 0 Å². The topological polar surface area (TPSA) is 36.7 Å². The lowest BCUT2D eigenvalue weighted by molar-refractivity contribution is 1.19. The number of nitriles is 1. The van der Waals surface area contributed by atoms with Crippen LogP contribution in [-0.2, 0) is 6.42 Å². The number of aromatic nitrogens is 1. The Balaban J connectivity index is 2.36. The third-order valence-corrected chi connectivity index (χ3v) is 4.92. The maximum absolute atomic E-state index is 8.99. The highest BCUT2D eigenvalue weighted by molar-refractivity contribution is 6.41. The standard InChI is InChI=1S/C19H10Cl4N2/c20-13-3-1-4-14(21)17(13)12-9-11(7-8-24)10-25-19(12)18-15(22)5-2-6-16(18)23/h1-6,9-10H,7H2. The molecule has 1 aromatic heterocycles. The first-order valence-corrected chi connectivity index (χ1v) is 8.78. The molecule has 0 saturated heterocycles. The molecule has 0 atom stereocenters. The molecular formula is C19H10Cl4N2. The quantitative estimate of drug-likeness (QED) is 0.464. The van der Waals surface area contributed by atoms with Crippen LogP contribution in [0.25, 0.3) is 22.4 Å². The molecule has 25 heavy (non-hydrogen) atoms. The number of hydrogen-bond acceptors (Lipinski definition) is 2. The second-order valence-electron chi connectivity index (χ2n) is 5.27. The number of benzene rings is 2. The van der Waals surface area contributed by atoms with Crippen LogP contribution in [-0.4, -0.2) is 4.98 Å². The van der Waals surface area contributed by atoms with E-state index in [2.05, 4.69) is 11.1 Å². The molecule has 0 fully saturated rings. The van der Waals surface area contributed by atoms with E-state index in [1.165, 1.54) is 0 Å². The van der Waals surface area contributed by atoms with Gasteiger partial charge in [0.05, 0.1) is 28.2 Å². The van der Waals surface area contributed by atoms with Crippen molar-refractivity contribution in [2.75, 3.05) is 0 Å². The molecule has 0 spiro atoms. The van der Waals surface area contributed by atoms with Crippen LogP contribution in [0.2, 0.25) is 20.1 Å². The van der Waals surface area contributed by atoms with Crippen LogP contribution >= 0.6 is 46.4 Å². The summed E-state index contributed by atoms with van der Waals surface area (Å²) in [5, 5.41) is 10.9. The van der Waals surface area contributed by atoms with Crippen molar-refractivity contribution >= 4 is 46.4 Å². The van der Waals surface area contributed by atoms with Crippen molar-refractivity contribution in [2.45, 2.75) is 6.42 Å². The normalized spacial score (nSPS) is 10.5. The number of rotatable bonds is 3. The molecule has 2 nitrogen and oxygen atoms in total. The van der Waals surface area contributed by atoms with Crippen molar-refractivity contribution in [3.8, 4) is 28.5 Å². The molecule has 1 heterocycles. The second-order valence-corrected chi connectivity index (χ2v) is 6.90. The van der Waals surface area contributed by atoms with Gasteiger partial charge in [0.1, 0.15) is 0 Å². The Labute approximate surface area is 165 Å². The minimum Gasteiger partial charge on any atom is -0.255 e. The molecule has 0 unspecified atom stereocenters. The Bertz CT molecular complexity index is 953. The van der Waals surface area contributed by atoms with Gasteiger partial charge in [0.2, 0.25) is 0 Å². The highest BCUT2D eigenvalue weighted by atomic mass is 35.5. The summed E-state index contributed by atoms with van der Waals surface area (Å²) < 4.78 is 0. The summed E-state index contributed by atoms with van der Waals surface area (Å²) in [5.41, 5.74) is 3.22. The highest BCUT2D eigenvalue weighted by Gasteiger charge is 2.19. The van der Waals surface area contributed by atoms with Crippen LogP contribution in [0.4, 0.5) is 0 Å². The first-order valence-electron chi connectivity index (χ1n) is 7.27. The second kappa shape index (κ2) is 7.64. The molecule has 0 aliphatic heterocycles.